The maximum atomic E-state index is 12.6. The van der Waals surface area contributed by atoms with Gasteiger partial charge in [0, 0.05) is 10.0 Å². The number of benzene rings is 1. The highest BCUT2D eigenvalue weighted by Crippen LogP contribution is 2.31. The first-order chi connectivity index (χ1) is 13.1. The Labute approximate surface area is 165 Å². The minimum Gasteiger partial charge on any atom is -0.461 e. The Morgan fingerprint density at radius 3 is 2.74 bits per heavy atom. The van der Waals surface area contributed by atoms with Crippen molar-refractivity contribution in [1.29, 1.82) is 5.26 Å². The molecule has 1 aromatic carbocycles. The van der Waals surface area contributed by atoms with Crippen LogP contribution in [0, 0.1) is 11.3 Å². The van der Waals surface area contributed by atoms with Crippen LogP contribution in [0.25, 0.3) is 11.3 Å². The van der Waals surface area contributed by atoms with E-state index in [9.17, 15) is 15.2 Å². The molecule has 2 unspecified atom stereocenters. The molecule has 1 N–H and O–H groups in total. The normalized spacial score (nSPS) is 19.5. The molecular formula is C19H20BrN3O4. The predicted molar refractivity (Wildman–Crippen MR) is 101 cm³/mol. The molecule has 1 aromatic heterocycles. The average molecular weight is 434 g/mol. The van der Waals surface area contributed by atoms with Crippen molar-refractivity contribution < 1.29 is 19.4 Å². The lowest BCUT2D eigenvalue weighted by Crippen LogP contribution is -2.32. The number of nitriles is 1. The highest BCUT2D eigenvalue weighted by atomic mass is 79.9. The number of halogens is 1. The van der Waals surface area contributed by atoms with Gasteiger partial charge in [-0.1, -0.05) is 28.1 Å². The first-order valence-corrected chi connectivity index (χ1v) is 9.56. The molecule has 1 aliphatic heterocycles. The van der Waals surface area contributed by atoms with Gasteiger partial charge in [-0.25, -0.2) is 4.79 Å². The third-order valence-electron chi connectivity index (χ3n) is 4.50. The second-order valence-corrected chi connectivity index (χ2v) is 7.14. The van der Waals surface area contributed by atoms with E-state index in [0.29, 0.717) is 25.1 Å². The predicted octanol–water partition coefficient (Wildman–Crippen LogP) is 3.07. The number of hydrogen-bond donors (Lipinski definition) is 1. The summed E-state index contributed by atoms with van der Waals surface area (Å²) in [5.41, 5.74) is 1.52. The highest BCUT2D eigenvalue weighted by Gasteiger charge is 2.32. The van der Waals surface area contributed by atoms with Crippen LogP contribution >= 0.6 is 15.9 Å². The molecule has 8 heteroatoms. The molecule has 0 saturated carbocycles. The molecular weight excluding hydrogens is 414 g/mol. The molecule has 0 radical (unpaired) electrons. The first kappa shape index (κ1) is 19.5. The molecule has 0 amide bonds. The van der Waals surface area contributed by atoms with Crippen LogP contribution in [-0.4, -0.2) is 46.8 Å². The molecule has 1 aliphatic rings. The van der Waals surface area contributed by atoms with E-state index in [-0.39, 0.29) is 36.6 Å². The molecule has 1 saturated heterocycles. The number of aliphatic hydroxyl groups is 1. The lowest BCUT2D eigenvalue weighted by atomic mass is 10.0. The van der Waals surface area contributed by atoms with Crippen molar-refractivity contribution in [3.05, 3.63) is 40.0 Å². The zero-order valence-electron chi connectivity index (χ0n) is 14.9. The van der Waals surface area contributed by atoms with Gasteiger partial charge in [0.05, 0.1) is 32.0 Å². The lowest BCUT2D eigenvalue weighted by Gasteiger charge is -2.28. The Hall–Kier alpha value is -2.21. The summed E-state index contributed by atoms with van der Waals surface area (Å²) in [6, 6.07) is 9.30. The molecule has 142 valence electrons. The maximum absolute atomic E-state index is 12.6. The average Bonchev–Trinajstić information content (AvgIpc) is 3.08. The number of aliphatic hydroxyl groups excluding tert-OH is 1. The van der Waals surface area contributed by atoms with E-state index >= 15 is 0 Å². The van der Waals surface area contributed by atoms with Gasteiger partial charge in [0.25, 0.3) is 0 Å². The molecule has 2 aromatic rings. The summed E-state index contributed by atoms with van der Waals surface area (Å²) in [6.45, 7) is 2.19. The Morgan fingerprint density at radius 1 is 1.44 bits per heavy atom. The van der Waals surface area contributed by atoms with Crippen molar-refractivity contribution in [2.75, 3.05) is 19.8 Å². The SMILES string of the molecule is CCOC(=O)c1c(C#N)c(-c2ccc(Br)cc2)nn1C1CCC(CO)OC1. The topological polar surface area (TPSA) is 97.4 Å². The molecule has 0 spiro atoms. The lowest BCUT2D eigenvalue weighted by molar-refractivity contribution is -0.0417. The Kier molecular flexibility index (Phi) is 6.26. The minimum atomic E-state index is -0.575. The van der Waals surface area contributed by atoms with Crippen molar-refractivity contribution in [1.82, 2.24) is 9.78 Å². The van der Waals surface area contributed by atoms with Crippen LogP contribution in [0.5, 0.6) is 0 Å². The molecule has 2 heterocycles. The quantitative estimate of drug-likeness (QED) is 0.727. The number of carbonyl (C=O) groups excluding carboxylic acids is 1. The standard InChI is InChI=1S/C19H20BrN3O4/c1-2-26-19(25)18-16(9-21)17(12-3-5-13(20)6-4-12)22-23(18)14-7-8-15(10-24)27-11-14/h3-6,14-15,24H,2,7-8,10-11H2,1H3. The van der Waals surface area contributed by atoms with E-state index in [2.05, 4.69) is 27.1 Å². The summed E-state index contributed by atoms with van der Waals surface area (Å²) < 4.78 is 13.3. The first-order valence-electron chi connectivity index (χ1n) is 8.77. The van der Waals surface area contributed by atoms with E-state index in [0.717, 1.165) is 10.0 Å². The van der Waals surface area contributed by atoms with Gasteiger partial charge in [-0.2, -0.15) is 10.4 Å². The van der Waals surface area contributed by atoms with Gasteiger partial charge in [-0.05, 0) is 31.9 Å². The molecule has 27 heavy (non-hydrogen) atoms. The fourth-order valence-electron chi connectivity index (χ4n) is 3.14. The van der Waals surface area contributed by atoms with Crippen LogP contribution in [-0.2, 0) is 9.47 Å². The summed E-state index contributed by atoms with van der Waals surface area (Å²) in [4.78, 5) is 12.6. The summed E-state index contributed by atoms with van der Waals surface area (Å²) in [6.07, 6.45) is 1.13. The summed E-state index contributed by atoms with van der Waals surface area (Å²) >= 11 is 3.39. The van der Waals surface area contributed by atoms with Crippen molar-refractivity contribution in [3.8, 4) is 17.3 Å². The second kappa shape index (κ2) is 8.65. The smallest absolute Gasteiger partial charge is 0.358 e. The third-order valence-corrected chi connectivity index (χ3v) is 5.03. The highest BCUT2D eigenvalue weighted by molar-refractivity contribution is 9.10. The molecule has 2 atom stereocenters. The van der Waals surface area contributed by atoms with Gasteiger partial charge < -0.3 is 14.6 Å². The number of rotatable bonds is 5. The number of nitrogens with zero attached hydrogens (tertiary/aromatic N) is 3. The van der Waals surface area contributed by atoms with E-state index in [1.165, 1.54) is 0 Å². The largest absolute Gasteiger partial charge is 0.461 e. The van der Waals surface area contributed by atoms with Crippen molar-refractivity contribution in [2.24, 2.45) is 0 Å². The van der Waals surface area contributed by atoms with E-state index < -0.39 is 5.97 Å². The monoisotopic (exact) mass is 433 g/mol. The van der Waals surface area contributed by atoms with Crippen LogP contribution in [0.15, 0.2) is 28.7 Å². The molecule has 1 fully saturated rings. The Bertz CT molecular complexity index is 849. The van der Waals surface area contributed by atoms with Crippen LogP contribution in [0.3, 0.4) is 0 Å². The third kappa shape index (κ3) is 4.05. The fourth-order valence-corrected chi connectivity index (χ4v) is 3.40. The van der Waals surface area contributed by atoms with Crippen LogP contribution in [0.1, 0.15) is 41.9 Å². The van der Waals surface area contributed by atoms with Gasteiger partial charge in [-0.15, -0.1) is 0 Å². The summed E-state index contributed by atoms with van der Waals surface area (Å²) in [7, 11) is 0. The van der Waals surface area contributed by atoms with Gasteiger partial charge in [0.2, 0.25) is 0 Å². The van der Waals surface area contributed by atoms with E-state index in [1.807, 2.05) is 24.3 Å². The molecule has 0 aliphatic carbocycles. The Morgan fingerprint density at radius 2 is 2.19 bits per heavy atom. The number of aromatic nitrogens is 2. The number of ether oxygens (including phenoxy) is 2. The fraction of sp³-hybridized carbons (Fsp3) is 0.421. The number of esters is 1. The summed E-state index contributed by atoms with van der Waals surface area (Å²) in [5, 5.41) is 23.6. The van der Waals surface area contributed by atoms with Crippen LogP contribution in [0.4, 0.5) is 0 Å². The van der Waals surface area contributed by atoms with Crippen LogP contribution in [0.2, 0.25) is 0 Å². The Balaban J connectivity index is 2.07. The second-order valence-electron chi connectivity index (χ2n) is 6.23. The zero-order valence-corrected chi connectivity index (χ0v) is 16.5. The molecule has 7 nitrogen and oxygen atoms in total. The zero-order chi connectivity index (χ0) is 19.4. The number of carbonyl (C=O) groups is 1. The van der Waals surface area contributed by atoms with Crippen molar-refractivity contribution in [2.45, 2.75) is 31.9 Å². The van der Waals surface area contributed by atoms with E-state index in [1.54, 1.807) is 11.6 Å². The van der Waals surface area contributed by atoms with E-state index in [4.69, 9.17) is 9.47 Å². The summed E-state index contributed by atoms with van der Waals surface area (Å²) in [5.74, 6) is -0.575. The van der Waals surface area contributed by atoms with Gasteiger partial charge >= 0.3 is 5.97 Å². The maximum Gasteiger partial charge on any atom is 0.358 e. The number of hydrogen-bond acceptors (Lipinski definition) is 6. The minimum absolute atomic E-state index is 0.0376. The van der Waals surface area contributed by atoms with Crippen molar-refractivity contribution >= 4 is 21.9 Å². The van der Waals surface area contributed by atoms with Crippen LogP contribution < -0.4 is 0 Å². The van der Waals surface area contributed by atoms with Gasteiger partial charge in [0.1, 0.15) is 17.3 Å². The van der Waals surface area contributed by atoms with Gasteiger partial charge in [0.15, 0.2) is 5.69 Å². The molecule has 3 rings (SSSR count). The van der Waals surface area contributed by atoms with Gasteiger partial charge in [-0.3, -0.25) is 4.68 Å². The van der Waals surface area contributed by atoms with Crippen molar-refractivity contribution in [3.63, 3.8) is 0 Å². The molecule has 0 bridgehead atoms.